The van der Waals surface area contributed by atoms with Gasteiger partial charge in [0.1, 0.15) is 6.33 Å². The van der Waals surface area contributed by atoms with Gasteiger partial charge in [0.25, 0.3) is 0 Å². The van der Waals surface area contributed by atoms with Crippen molar-refractivity contribution in [3.8, 4) is 11.1 Å². The maximum absolute atomic E-state index is 8.93. The van der Waals surface area contributed by atoms with Crippen LogP contribution in [0.1, 0.15) is 11.6 Å². The van der Waals surface area contributed by atoms with Gasteiger partial charge in [-0.2, -0.15) is 0 Å². The van der Waals surface area contributed by atoms with Gasteiger partial charge in [0.2, 0.25) is 0 Å². The molecule has 0 fully saturated rings. The van der Waals surface area contributed by atoms with Crippen LogP contribution in [0, 0.1) is 0 Å². The van der Waals surface area contributed by atoms with E-state index in [1.807, 2.05) is 24.3 Å². The highest BCUT2D eigenvalue weighted by molar-refractivity contribution is 5.61. The molecule has 1 aromatic heterocycles. The summed E-state index contributed by atoms with van der Waals surface area (Å²) in [5.74, 6) is 0. The molecule has 4 nitrogen and oxygen atoms in total. The molecule has 1 atom stereocenters. The first-order valence-corrected chi connectivity index (χ1v) is 5.03. The van der Waals surface area contributed by atoms with E-state index in [0.29, 0.717) is 0 Å². The summed E-state index contributed by atoms with van der Waals surface area (Å²) in [7, 11) is 0. The fourth-order valence-corrected chi connectivity index (χ4v) is 1.48. The fraction of sp³-hybridized carbons (Fsp3) is 0.167. The summed E-state index contributed by atoms with van der Waals surface area (Å²) >= 11 is 0. The maximum Gasteiger partial charge on any atom is 0.115 e. The number of rotatable bonds is 3. The third-order valence-corrected chi connectivity index (χ3v) is 2.43. The first kappa shape index (κ1) is 10.7. The van der Waals surface area contributed by atoms with E-state index in [-0.39, 0.29) is 12.6 Å². The van der Waals surface area contributed by atoms with Crippen molar-refractivity contribution >= 4 is 0 Å². The molecule has 0 aliphatic heterocycles. The van der Waals surface area contributed by atoms with Crippen molar-refractivity contribution in [2.24, 2.45) is 5.73 Å². The van der Waals surface area contributed by atoms with Crippen molar-refractivity contribution in [1.29, 1.82) is 0 Å². The topological polar surface area (TPSA) is 72.0 Å². The SMILES string of the molecule is N[C@@H](CO)c1ccc(-c2cncnc2)cc1. The zero-order valence-corrected chi connectivity index (χ0v) is 8.74. The Bertz CT molecular complexity index is 442. The van der Waals surface area contributed by atoms with Crippen LogP contribution < -0.4 is 5.73 Å². The number of nitrogens with zero attached hydrogens (tertiary/aromatic N) is 2. The van der Waals surface area contributed by atoms with Crippen LogP contribution in [0.3, 0.4) is 0 Å². The number of hydrogen-bond donors (Lipinski definition) is 2. The third-order valence-electron chi connectivity index (χ3n) is 2.43. The standard InChI is InChI=1S/C12H13N3O/c13-12(7-16)10-3-1-9(2-4-10)11-5-14-8-15-6-11/h1-6,8,12,16H,7,13H2/t12-/m0/s1. The molecular weight excluding hydrogens is 202 g/mol. The van der Waals surface area contributed by atoms with Crippen molar-refractivity contribution in [3.63, 3.8) is 0 Å². The lowest BCUT2D eigenvalue weighted by molar-refractivity contribution is 0.268. The Morgan fingerprint density at radius 3 is 2.25 bits per heavy atom. The van der Waals surface area contributed by atoms with E-state index >= 15 is 0 Å². The van der Waals surface area contributed by atoms with Gasteiger partial charge < -0.3 is 10.8 Å². The van der Waals surface area contributed by atoms with Crippen molar-refractivity contribution in [2.75, 3.05) is 6.61 Å². The van der Waals surface area contributed by atoms with Gasteiger partial charge in [-0.15, -0.1) is 0 Å². The van der Waals surface area contributed by atoms with Crippen LogP contribution in [0.25, 0.3) is 11.1 Å². The molecule has 4 heteroatoms. The normalized spacial score (nSPS) is 12.4. The summed E-state index contributed by atoms with van der Waals surface area (Å²) in [4.78, 5) is 7.92. The molecule has 2 aromatic rings. The summed E-state index contributed by atoms with van der Waals surface area (Å²) in [5.41, 5.74) is 8.63. The fourth-order valence-electron chi connectivity index (χ4n) is 1.48. The van der Waals surface area contributed by atoms with Crippen LogP contribution in [-0.2, 0) is 0 Å². The number of aromatic nitrogens is 2. The predicted octanol–water partition coefficient (Wildman–Crippen LogP) is 1.14. The molecule has 0 radical (unpaired) electrons. The molecule has 0 spiro atoms. The van der Waals surface area contributed by atoms with E-state index < -0.39 is 0 Å². The van der Waals surface area contributed by atoms with Crippen LogP contribution in [0.2, 0.25) is 0 Å². The van der Waals surface area contributed by atoms with E-state index in [0.717, 1.165) is 16.7 Å². The quantitative estimate of drug-likeness (QED) is 0.805. The zero-order chi connectivity index (χ0) is 11.4. The molecule has 2 rings (SSSR count). The summed E-state index contributed by atoms with van der Waals surface area (Å²) < 4.78 is 0. The molecule has 0 aliphatic rings. The van der Waals surface area contributed by atoms with Crippen LogP contribution in [-0.4, -0.2) is 21.7 Å². The molecule has 0 bridgehead atoms. The van der Waals surface area contributed by atoms with Crippen LogP contribution >= 0.6 is 0 Å². The lowest BCUT2D eigenvalue weighted by Gasteiger charge is -2.09. The molecule has 1 heterocycles. The Kier molecular flexibility index (Phi) is 3.24. The second-order valence-corrected chi connectivity index (χ2v) is 3.54. The molecule has 0 saturated heterocycles. The number of nitrogens with two attached hydrogens (primary N) is 1. The van der Waals surface area contributed by atoms with Gasteiger partial charge in [0, 0.05) is 18.0 Å². The Morgan fingerprint density at radius 2 is 1.69 bits per heavy atom. The molecule has 0 saturated carbocycles. The average molecular weight is 215 g/mol. The molecular formula is C12H13N3O. The third kappa shape index (κ3) is 2.24. The van der Waals surface area contributed by atoms with E-state index in [1.165, 1.54) is 6.33 Å². The molecule has 82 valence electrons. The first-order valence-electron chi connectivity index (χ1n) is 5.03. The first-order chi connectivity index (χ1) is 7.81. The van der Waals surface area contributed by atoms with Gasteiger partial charge in [-0.25, -0.2) is 9.97 Å². The van der Waals surface area contributed by atoms with Crippen LogP contribution in [0.5, 0.6) is 0 Å². The molecule has 0 amide bonds. The summed E-state index contributed by atoms with van der Waals surface area (Å²) in [5, 5.41) is 8.93. The van der Waals surface area contributed by atoms with Gasteiger partial charge in [0.15, 0.2) is 0 Å². The number of benzene rings is 1. The zero-order valence-electron chi connectivity index (χ0n) is 8.74. The van der Waals surface area contributed by atoms with Crippen LogP contribution in [0.15, 0.2) is 43.0 Å². The Morgan fingerprint density at radius 1 is 1.06 bits per heavy atom. The van der Waals surface area contributed by atoms with Gasteiger partial charge in [0.05, 0.1) is 12.6 Å². The minimum atomic E-state index is -0.318. The smallest absolute Gasteiger partial charge is 0.115 e. The molecule has 0 aliphatic carbocycles. The van der Waals surface area contributed by atoms with E-state index in [9.17, 15) is 0 Å². The molecule has 3 N–H and O–H groups in total. The average Bonchev–Trinajstić information content (AvgIpc) is 2.39. The van der Waals surface area contributed by atoms with Crippen molar-refractivity contribution in [1.82, 2.24) is 9.97 Å². The largest absolute Gasteiger partial charge is 0.394 e. The Balaban J connectivity index is 2.26. The monoisotopic (exact) mass is 215 g/mol. The van der Waals surface area contributed by atoms with E-state index in [1.54, 1.807) is 12.4 Å². The predicted molar refractivity (Wildman–Crippen MR) is 61.5 cm³/mol. The van der Waals surface area contributed by atoms with Gasteiger partial charge in [-0.1, -0.05) is 24.3 Å². The van der Waals surface area contributed by atoms with Gasteiger partial charge in [-0.05, 0) is 11.1 Å². The van der Waals surface area contributed by atoms with Crippen molar-refractivity contribution in [3.05, 3.63) is 48.5 Å². The minimum Gasteiger partial charge on any atom is -0.394 e. The lowest BCUT2D eigenvalue weighted by atomic mass is 10.0. The Labute approximate surface area is 93.8 Å². The van der Waals surface area contributed by atoms with Crippen molar-refractivity contribution in [2.45, 2.75) is 6.04 Å². The molecule has 1 aromatic carbocycles. The van der Waals surface area contributed by atoms with E-state index in [4.69, 9.17) is 10.8 Å². The highest BCUT2D eigenvalue weighted by Gasteiger charge is 2.04. The molecule has 16 heavy (non-hydrogen) atoms. The second kappa shape index (κ2) is 4.83. The maximum atomic E-state index is 8.93. The van der Waals surface area contributed by atoms with Gasteiger partial charge >= 0.3 is 0 Å². The highest BCUT2D eigenvalue weighted by Crippen LogP contribution is 2.19. The summed E-state index contributed by atoms with van der Waals surface area (Å²) in [6.45, 7) is -0.0478. The number of hydrogen-bond acceptors (Lipinski definition) is 4. The Hall–Kier alpha value is -1.78. The number of aliphatic hydroxyl groups is 1. The molecule has 0 unspecified atom stereocenters. The van der Waals surface area contributed by atoms with Gasteiger partial charge in [-0.3, -0.25) is 0 Å². The lowest BCUT2D eigenvalue weighted by Crippen LogP contribution is -2.14. The highest BCUT2D eigenvalue weighted by atomic mass is 16.3. The van der Waals surface area contributed by atoms with Crippen LogP contribution in [0.4, 0.5) is 0 Å². The second-order valence-electron chi connectivity index (χ2n) is 3.54. The van der Waals surface area contributed by atoms with E-state index in [2.05, 4.69) is 9.97 Å². The summed E-state index contributed by atoms with van der Waals surface area (Å²) in [6.07, 6.45) is 5.02. The number of aliphatic hydroxyl groups excluding tert-OH is 1. The van der Waals surface area contributed by atoms with Crippen molar-refractivity contribution < 1.29 is 5.11 Å². The minimum absolute atomic E-state index is 0.0478. The summed E-state index contributed by atoms with van der Waals surface area (Å²) in [6, 6.07) is 7.39.